The average Bonchev–Trinajstić information content (AvgIpc) is 3.79. The minimum Gasteiger partial charge on any atom is -0.456 e. The smallest absolute Gasteiger partial charge is 0.164 e. The van der Waals surface area contributed by atoms with Crippen LogP contribution in [0, 0.1) is 5.92 Å². The zero-order chi connectivity index (χ0) is 34.2. The number of aromatic nitrogens is 3. The predicted molar refractivity (Wildman–Crippen MR) is 214 cm³/mol. The van der Waals surface area contributed by atoms with Gasteiger partial charge >= 0.3 is 0 Å². The van der Waals surface area contributed by atoms with E-state index in [0.29, 0.717) is 23.4 Å². The van der Waals surface area contributed by atoms with Gasteiger partial charge in [0.1, 0.15) is 11.2 Å². The quantitative estimate of drug-likeness (QED) is 0.185. The standard InChI is InChI=1S/C47H29N3OS/c1-2-12-28(13-3-1)45-48-46(50-47(49-45)38-26-29-14-4-5-15-31(29)33-16-6-7-17-34(33)38)37-21-11-22-41-43(37)39-27-30(24-25-40(39)51-41)32-19-10-20-36-35-18-8-9-23-42(35)52-44(32)36/h1-27,29,31H. The van der Waals surface area contributed by atoms with E-state index in [2.05, 4.69) is 134 Å². The van der Waals surface area contributed by atoms with Crippen LogP contribution in [0.5, 0.6) is 0 Å². The molecule has 11 rings (SSSR count). The molecule has 6 aromatic carbocycles. The molecule has 0 spiro atoms. The Hall–Kier alpha value is -6.43. The van der Waals surface area contributed by atoms with Crippen molar-refractivity contribution in [3.63, 3.8) is 0 Å². The fourth-order valence-corrected chi connectivity index (χ4v) is 9.33. The van der Waals surface area contributed by atoms with Crippen LogP contribution in [0.2, 0.25) is 0 Å². The second kappa shape index (κ2) is 11.6. The van der Waals surface area contributed by atoms with Gasteiger partial charge in [-0.05, 0) is 46.5 Å². The number of allylic oxidation sites excluding steroid dienone is 5. The zero-order valence-corrected chi connectivity index (χ0v) is 28.7. The van der Waals surface area contributed by atoms with E-state index in [4.69, 9.17) is 19.4 Å². The van der Waals surface area contributed by atoms with E-state index in [-0.39, 0.29) is 5.92 Å². The van der Waals surface area contributed by atoms with Crippen molar-refractivity contribution in [2.75, 3.05) is 0 Å². The van der Waals surface area contributed by atoms with Crippen LogP contribution in [0.3, 0.4) is 0 Å². The van der Waals surface area contributed by atoms with Gasteiger partial charge < -0.3 is 4.42 Å². The van der Waals surface area contributed by atoms with Crippen molar-refractivity contribution < 1.29 is 4.42 Å². The molecule has 2 unspecified atom stereocenters. The maximum absolute atomic E-state index is 6.51. The van der Waals surface area contributed by atoms with E-state index in [1.807, 2.05) is 41.7 Å². The average molecular weight is 684 g/mol. The van der Waals surface area contributed by atoms with E-state index in [1.54, 1.807) is 0 Å². The molecule has 0 fully saturated rings. The Labute approximate surface area is 303 Å². The van der Waals surface area contributed by atoms with Crippen LogP contribution in [0.4, 0.5) is 0 Å². The van der Waals surface area contributed by atoms with Crippen molar-refractivity contribution in [2.45, 2.75) is 5.92 Å². The van der Waals surface area contributed by atoms with Crippen molar-refractivity contribution in [2.24, 2.45) is 5.92 Å². The molecule has 2 aliphatic rings. The zero-order valence-electron chi connectivity index (χ0n) is 27.9. The molecular weight excluding hydrogens is 655 g/mol. The first-order valence-corrected chi connectivity index (χ1v) is 18.4. The monoisotopic (exact) mass is 683 g/mol. The summed E-state index contributed by atoms with van der Waals surface area (Å²) >= 11 is 1.85. The van der Waals surface area contributed by atoms with E-state index in [1.165, 1.54) is 31.3 Å². The lowest BCUT2D eigenvalue weighted by atomic mass is 9.74. The number of furan rings is 1. The highest BCUT2D eigenvalue weighted by Gasteiger charge is 2.30. The fraction of sp³-hybridized carbons (Fsp3) is 0.0426. The Morgan fingerprint density at radius 3 is 2.23 bits per heavy atom. The molecule has 5 heteroatoms. The van der Waals surface area contributed by atoms with Crippen molar-refractivity contribution in [1.29, 1.82) is 0 Å². The molecule has 0 aliphatic heterocycles. The number of fused-ring (bicyclic) bond motifs is 9. The van der Waals surface area contributed by atoms with Gasteiger partial charge in [-0.25, -0.2) is 15.0 Å². The summed E-state index contributed by atoms with van der Waals surface area (Å²) in [6.45, 7) is 0. The Morgan fingerprint density at radius 2 is 1.27 bits per heavy atom. The number of nitrogens with zero attached hydrogens (tertiary/aromatic N) is 3. The van der Waals surface area contributed by atoms with Gasteiger partial charge in [0.15, 0.2) is 17.5 Å². The Balaban J connectivity index is 1.13. The molecule has 52 heavy (non-hydrogen) atoms. The van der Waals surface area contributed by atoms with Gasteiger partial charge in [-0.15, -0.1) is 11.3 Å². The molecule has 3 aromatic heterocycles. The third-order valence-corrected chi connectivity index (χ3v) is 11.7. The van der Waals surface area contributed by atoms with Gasteiger partial charge in [-0.2, -0.15) is 0 Å². The van der Waals surface area contributed by atoms with E-state index in [9.17, 15) is 0 Å². The highest BCUT2D eigenvalue weighted by Crippen LogP contribution is 2.45. The lowest BCUT2D eigenvalue weighted by Gasteiger charge is -2.30. The molecule has 0 amide bonds. The Bertz CT molecular complexity index is 2980. The summed E-state index contributed by atoms with van der Waals surface area (Å²) in [5, 5.41) is 4.61. The van der Waals surface area contributed by atoms with Gasteiger partial charge in [-0.1, -0.05) is 140 Å². The number of thiophene rings is 1. The van der Waals surface area contributed by atoms with Gasteiger partial charge in [0.05, 0.1) is 0 Å². The molecule has 0 saturated carbocycles. The van der Waals surface area contributed by atoms with Gasteiger partial charge in [0, 0.05) is 59.5 Å². The van der Waals surface area contributed by atoms with Crippen LogP contribution in [0.1, 0.15) is 22.9 Å². The lowest BCUT2D eigenvalue weighted by molar-refractivity contribution is 0.669. The van der Waals surface area contributed by atoms with E-state index >= 15 is 0 Å². The minimum atomic E-state index is 0.223. The molecule has 0 bridgehead atoms. The molecule has 3 heterocycles. The summed E-state index contributed by atoms with van der Waals surface area (Å²) in [6.07, 6.45) is 11.2. The number of hydrogen-bond acceptors (Lipinski definition) is 5. The first kappa shape index (κ1) is 29.3. The van der Waals surface area contributed by atoms with Crippen molar-refractivity contribution >= 4 is 59.0 Å². The van der Waals surface area contributed by atoms with Crippen LogP contribution in [-0.4, -0.2) is 15.0 Å². The van der Waals surface area contributed by atoms with Crippen LogP contribution in [0.15, 0.2) is 168 Å². The SMILES string of the molecule is C1=CC2C=C(c3nc(-c4ccccc4)nc(-c4cccc5oc6ccc(-c7cccc8c7sc7ccccc78)cc6c45)n3)c3ccccc3C2C=C1. The van der Waals surface area contributed by atoms with Crippen LogP contribution in [0.25, 0.3) is 81.6 Å². The van der Waals surface area contributed by atoms with Crippen LogP contribution >= 0.6 is 11.3 Å². The topological polar surface area (TPSA) is 51.8 Å². The maximum atomic E-state index is 6.51. The van der Waals surface area contributed by atoms with Crippen LogP contribution in [-0.2, 0) is 0 Å². The molecule has 2 atom stereocenters. The molecule has 4 nitrogen and oxygen atoms in total. The first-order chi connectivity index (χ1) is 25.8. The molecule has 244 valence electrons. The maximum Gasteiger partial charge on any atom is 0.164 e. The second-order valence-electron chi connectivity index (χ2n) is 13.5. The lowest BCUT2D eigenvalue weighted by Crippen LogP contribution is -2.17. The van der Waals surface area contributed by atoms with Crippen LogP contribution < -0.4 is 0 Å². The van der Waals surface area contributed by atoms with Gasteiger partial charge in [0.2, 0.25) is 0 Å². The highest BCUT2D eigenvalue weighted by atomic mass is 32.1. The minimum absolute atomic E-state index is 0.223. The summed E-state index contributed by atoms with van der Waals surface area (Å²) in [7, 11) is 0. The summed E-state index contributed by atoms with van der Waals surface area (Å²) in [4.78, 5) is 15.6. The van der Waals surface area contributed by atoms with Gasteiger partial charge in [-0.3, -0.25) is 0 Å². The van der Waals surface area contributed by atoms with Crippen molar-refractivity contribution in [1.82, 2.24) is 15.0 Å². The second-order valence-corrected chi connectivity index (χ2v) is 14.5. The molecular formula is C47H29N3OS. The van der Waals surface area contributed by atoms with E-state index < -0.39 is 0 Å². The number of rotatable bonds is 4. The Morgan fingerprint density at radius 1 is 0.519 bits per heavy atom. The third-order valence-electron chi connectivity index (χ3n) is 10.5. The molecule has 0 saturated heterocycles. The first-order valence-electron chi connectivity index (χ1n) is 17.6. The largest absolute Gasteiger partial charge is 0.456 e. The van der Waals surface area contributed by atoms with Crippen molar-refractivity contribution in [3.05, 3.63) is 181 Å². The normalized spacial score (nSPS) is 16.4. The third kappa shape index (κ3) is 4.56. The predicted octanol–water partition coefficient (Wildman–Crippen LogP) is 12.4. The van der Waals surface area contributed by atoms with Gasteiger partial charge in [0.25, 0.3) is 0 Å². The summed E-state index contributed by atoms with van der Waals surface area (Å²) < 4.78 is 9.10. The summed E-state index contributed by atoms with van der Waals surface area (Å²) in [5.41, 5.74) is 9.34. The molecule has 2 aliphatic carbocycles. The van der Waals surface area contributed by atoms with Crippen molar-refractivity contribution in [3.8, 4) is 33.9 Å². The Kier molecular flexibility index (Phi) is 6.51. The fourth-order valence-electron chi connectivity index (χ4n) is 8.09. The molecule has 0 radical (unpaired) electrons. The summed E-state index contributed by atoms with van der Waals surface area (Å²) in [6, 6.07) is 46.8. The highest BCUT2D eigenvalue weighted by molar-refractivity contribution is 7.26. The molecule has 0 N–H and O–H groups in total. The number of benzene rings is 6. The number of hydrogen-bond donors (Lipinski definition) is 0. The van der Waals surface area contributed by atoms with E-state index in [0.717, 1.165) is 49.8 Å². The molecule has 9 aromatic rings. The summed E-state index contributed by atoms with van der Waals surface area (Å²) in [5.74, 6) is 2.44.